The number of morpholine rings is 1. The van der Waals surface area contributed by atoms with E-state index in [0.29, 0.717) is 30.1 Å². The van der Waals surface area contributed by atoms with Gasteiger partial charge in [0.25, 0.3) is 5.91 Å². The summed E-state index contributed by atoms with van der Waals surface area (Å²) in [6, 6.07) is 14.1. The maximum Gasteiger partial charge on any atom is 0.255 e. The van der Waals surface area contributed by atoms with E-state index >= 15 is 0 Å². The van der Waals surface area contributed by atoms with Crippen molar-refractivity contribution in [2.45, 2.75) is 33.0 Å². The molecule has 2 atom stereocenters. The Balaban J connectivity index is 1.51. The number of amides is 2. The van der Waals surface area contributed by atoms with Gasteiger partial charge in [-0.15, -0.1) is 0 Å². The van der Waals surface area contributed by atoms with E-state index in [0.717, 1.165) is 18.8 Å². The topological polar surface area (TPSA) is 79.9 Å². The average molecular weight is 412 g/mol. The van der Waals surface area contributed by atoms with Gasteiger partial charge in [-0.25, -0.2) is 0 Å². The molecule has 0 aromatic heterocycles. The van der Waals surface area contributed by atoms with E-state index in [-0.39, 0.29) is 24.0 Å². The first-order chi connectivity index (χ1) is 14.4. The zero-order valence-corrected chi connectivity index (χ0v) is 17.7. The van der Waals surface area contributed by atoms with Gasteiger partial charge < -0.3 is 20.1 Å². The van der Waals surface area contributed by atoms with Gasteiger partial charge >= 0.3 is 0 Å². The van der Waals surface area contributed by atoms with Crippen molar-refractivity contribution in [3.05, 3.63) is 54.1 Å². The second-order valence-corrected chi connectivity index (χ2v) is 7.49. The number of ether oxygens (including phenoxy) is 2. The zero-order chi connectivity index (χ0) is 21.5. The van der Waals surface area contributed by atoms with Crippen LogP contribution in [-0.4, -0.2) is 55.2 Å². The lowest BCUT2D eigenvalue weighted by atomic mass is 10.2. The van der Waals surface area contributed by atoms with Crippen LogP contribution in [0.25, 0.3) is 0 Å². The minimum absolute atomic E-state index is 0.0807. The molecule has 2 aromatic carbocycles. The minimum atomic E-state index is -0.215. The van der Waals surface area contributed by atoms with Crippen molar-refractivity contribution in [1.29, 1.82) is 0 Å². The molecule has 30 heavy (non-hydrogen) atoms. The van der Waals surface area contributed by atoms with Gasteiger partial charge in [-0.05, 0) is 69.3 Å². The molecular weight excluding hydrogens is 382 g/mol. The van der Waals surface area contributed by atoms with Crippen LogP contribution in [0.4, 0.5) is 11.4 Å². The number of carbonyl (C=O) groups is 2. The molecular formula is C23H29N3O4. The van der Waals surface area contributed by atoms with Crippen molar-refractivity contribution in [2.24, 2.45) is 0 Å². The quantitative estimate of drug-likeness (QED) is 0.730. The van der Waals surface area contributed by atoms with E-state index in [1.165, 1.54) is 0 Å². The summed E-state index contributed by atoms with van der Waals surface area (Å²) in [5.41, 5.74) is 1.86. The highest BCUT2D eigenvalue weighted by molar-refractivity contribution is 6.04. The summed E-state index contributed by atoms with van der Waals surface area (Å²) >= 11 is 0. The smallest absolute Gasteiger partial charge is 0.255 e. The number of hydrogen-bond acceptors (Lipinski definition) is 5. The van der Waals surface area contributed by atoms with E-state index in [2.05, 4.69) is 15.5 Å². The van der Waals surface area contributed by atoms with Crippen LogP contribution in [0.3, 0.4) is 0 Å². The Kier molecular flexibility index (Phi) is 7.43. The molecule has 1 aliphatic heterocycles. The number of benzene rings is 2. The highest BCUT2D eigenvalue weighted by atomic mass is 16.5. The molecule has 0 aliphatic carbocycles. The summed E-state index contributed by atoms with van der Waals surface area (Å²) in [6.45, 7) is 8.34. The van der Waals surface area contributed by atoms with Crippen LogP contribution in [-0.2, 0) is 9.53 Å². The maximum atomic E-state index is 12.4. The zero-order valence-electron chi connectivity index (χ0n) is 17.7. The lowest BCUT2D eigenvalue weighted by molar-refractivity contribution is -0.121. The Morgan fingerprint density at radius 1 is 0.967 bits per heavy atom. The van der Waals surface area contributed by atoms with Crippen LogP contribution in [0.15, 0.2) is 48.5 Å². The molecule has 160 valence electrons. The maximum absolute atomic E-state index is 12.4. The second kappa shape index (κ2) is 10.2. The van der Waals surface area contributed by atoms with Gasteiger partial charge in [0.05, 0.1) is 25.4 Å². The Morgan fingerprint density at radius 3 is 2.13 bits per heavy atom. The van der Waals surface area contributed by atoms with Crippen molar-refractivity contribution in [3.8, 4) is 5.75 Å². The molecule has 3 rings (SSSR count). The molecule has 2 amide bonds. The molecule has 1 heterocycles. The minimum Gasteiger partial charge on any atom is -0.494 e. The molecule has 0 unspecified atom stereocenters. The third-order valence-electron chi connectivity index (χ3n) is 4.72. The number of nitrogens with one attached hydrogen (secondary N) is 2. The van der Waals surface area contributed by atoms with Crippen molar-refractivity contribution in [2.75, 3.05) is 36.9 Å². The molecule has 2 aromatic rings. The van der Waals surface area contributed by atoms with E-state index in [1.807, 2.05) is 32.9 Å². The van der Waals surface area contributed by atoms with Crippen LogP contribution in [0.1, 0.15) is 31.1 Å². The van der Waals surface area contributed by atoms with Gasteiger partial charge in [-0.3, -0.25) is 14.5 Å². The van der Waals surface area contributed by atoms with Crippen molar-refractivity contribution >= 4 is 23.2 Å². The molecule has 2 N–H and O–H groups in total. The van der Waals surface area contributed by atoms with Gasteiger partial charge in [0, 0.05) is 30.0 Å². The molecule has 0 saturated carbocycles. The van der Waals surface area contributed by atoms with Crippen molar-refractivity contribution < 1.29 is 19.1 Å². The largest absolute Gasteiger partial charge is 0.494 e. The molecule has 1 aliphatic rings. The van der Waals surface area contributed by atoms with Crippen molar-refractivity contribution in [3.63, 3.8) is 0 Å². The fourth-order valence-electron chi connectivity index (χ4n) is 3.53. The highest BCUT2D eigenvalue weighted by Gasteiger charge is 2.23. The lowest BCUT2D eigenvalue weighted by Crippen LogP contribution is -2.48. The highest BCUT2D eigenvalue weighted by Crippen LogP contribution is 2.17. The van der Waals surface area contributed by atoms with Gasteiger partial charge in [-0.2, -0.15) is 0 Å². The van der Waals surface area contributed by atoms with E-state index < -0.39 is 0 Å². The lowest BCUT2D eigenvalue weighted by Gasteiger charge is -2.34. The van der Waals surface area contributed by atoms with Gasteiger partial charge in [0.2, 0.25) is 5.91 Å². The summed E-state index contributed by atoms with van der Waals surface area (Å²) in [5, 5.41) is 5.74. The molecule has 0 spiro atoms. The van der Waals surface area contributed by atoms with Crippen molar-refractivity contribution in [1.82, 2.24) is 4.90 Å². The number of carbonyl (C=O) groups excluding carboxylic acids is 2. The van der Waals surface area contributed by atoms with Crippen LogP contribution in [0, 0.1) is 0 Å². The average Bonchev–Trinajstić information content (AvgIpc) is 2.69. The second-order valence-electron chi connectivity index (χ2n) is 7.49. The number of hydrogen-bond donors (Lipinski definition) is 2. The Labute approximate surface area is 177 Å². The number of anilines is 2. The van der Waals surface area contributed by atoms with Gasteiger partial charge in [0.1, 0.15) is 5.75 Å². The van der Waals surface area contributed by atoms with E-state index in [4.69, 9.17) is 9.47 Å². The summed E-state index contributed by atoms with van der Waals surface area (Å²) in [7, 11) is 0. The summed E-state index contributed by atoms with van der Waals surface area (Å²) in [6.07, 6.45) is 0.240. The van der Waals surface area contributed by atoms with Crippen LogP contribution >= 0.6 is 0 Å². The van der Waals surface area contributed by atoms with Gasteiger partial charge in [-0.1, -0.05) is 0 Å². The number of rotatable bonds is 7. The molecule has 1 fully saturated rings. The molecule has 7 nitrogen and oxygen atoms in total. The Morgan fingerprint density at radius 2 is 1.53 bits per heavy atom. The first kappa shape index (κ1) is 21.8. The molecule has 7 heteroatoms. The summed E-state index contributed by atoms with van der Waals surface area (Å²) < 4.78 is 11.1. The third-order valence-corrected chi connectivity index (χ3v) is 4.72. The van der Waals surface area contributed by atoms with Crippen LogP contribution in [0.2, 0.25) is 0 Å². The number of nitrogens with zero attached hydrogens (tertiary/aromatic N) is 1. The fourth-order valence-corrected chi connectivity index (χ4v) is 3.53. The predicted octanol–water partition coefficient (Wildman–Crippen LogP) is 3.39. The third kappa shape index (κ3) is 6.30. The first-order valence-electron chi connectivity index (χ1n) is 10.2. The summed E-state index contributed by atoms with van der Waals surface area (Å²) in [5.74, 6) is 0.466. The Bertz CT molecular complexity index is 842. The van der Waals surface area contributed by atoms with Crippen LogP contribution < -0.4 is 15.4 Å². The molecule has 0 radical (unpaired) electrons. The first-order valence-corrected chi connectivity index (χ1v) is 10.2. The predicted molar refractivity (Wildman–Crippen MR) is 117 cm³/mol. The van der Waals surface area contributed by atoms with Crippen LogP contribution in [0.5, 0.6) is 5.75 Å². The Hall–Kier alpha value is -2.90. The molecule has 1 saturated heterocycles. The van der Waals surface area contributed by atoms with E-state index in [1.54, 1.807) is 36.4 Å². The van der Waals surface area contributed by atoms with Gasteiger partial charge in [0.15, 0.2) is 0 Å². The monoisotopic (exact) mass is 411 g/mol. The standard InChI is InChI=1S/C23H29N3O4/c1-4-29-21-11-9-20(10-12-21)25-23(28)18-5-7-19(8-6-18)24-22(27)15-26-13-16(2)30-17(3)14-26/h5-12,16-17H,4,13-15H2,1-3H3,(H,24,27)(H,25,28)/t16-,17+. The normalized spacial score (nSPS) is 19.2. The summed E-state index contributed by atoms with van der Waals surface area (Å²) in [4.78, 5) is 26.9. The van der Waals surface area contributed by atoms with E-state index in [9.17, 15) is 9.59 Å². The fraction of sp³-hybridized carbons (Fsp3) is 0.391. The molecule has 0 bridgehead atoms. The SMILES string of the molecule is CCOc1ccc(NC(=O)c2ccc(NC(=O)CN3C[C@@H](C)O[C@@H](C)C3)cc2)cc1.